The molecule has 0 saturated carbocycles. The number of hydrogen-bond donors (Lipinski definition) is 0. The van der Waals surface area contributed by atoms with Crippen LogP contribution in [0.3, 0.4) is 0 Å². The van der Waals surface area contributed by atoms with Crippen molar-refractivity contribution in [3.05, 3.63) is 95.8 Å². The van der Waals surface area contributed by atoms with E-state index in [-0.39, 0.29) is 5.92 Å². The number of methoxy groups -OCH3 is 1. The molecule has 0 N–H and O–H groups in total. The van der Waals surface area contributed by atoms with Gasteiger partial charge in [-0.05, 0) is 73.7 Å². The molecule has 1 aromatic carbocycles. The Bertz CT molecular complexity index is 1460. The summed E-state index contributed by atoms with van der Waals surface area (Å²) >= 11 is 6.72. The van der Waals surface area contributed by atoms with Crippen LogP contribution in [0.5, 0.6) is 5.88 Å². The van der Waals surface area contributed by atoms with Gasteiger partial charge in [0.1, 0.15) is 17.2 Å². The second kappa shape index (κ2) is 10.6. The normalized spacial score (nSPS) is 14.5. The number of nitrogens with zero attached hydrogens (tertiary/aromatic N) is 6. The van der Waals surface area contributed by atoms with Crippen LogP contribution < -0.4 is 9.64 Å². The summed E-state index contributed by atoms with van der Waals surface area (Å²) in [6.07, 6.45) is 9.28. The Morgan fingerprint density at radius 1 is 1.16 bits per heavy atom. The maximum absolute atomic E-state index is 6.72. The van der Waals surface area contributed by atoms with Crippen molar-refractivity contribution >= 4 is 17.3 Å². The van der Waals surface area contributed by atoms with Crippen LogP contribution in [-0.2, 0) is 6.54 Å². The van der Waals surface area contributed by atoms with Crippen LogP contribution in [0, 0.1) is 0 Å². The second-order valence-electron chi connectivity index (χ2n) is 9.21. The number of pyridine rings is 2. The van der Waals surface area contributed by atoms with E-state index in [1.165, 1.54) is 0 Å². The average Bonchev–Trinajstić information content (AvgIpc) is 3.37. The minimum absolute atomic E-state index is 0.0363. The maximum atomic E-state index is 6.72. The van der Waals surface area contributed by atoms with Crippen molar-refractivity contribution in [3.8, 4) is 28.5 Å². The Morgan fingerprint density at radius 2 is 2.03 bits per heavy atom. The molecule has 188 valence electrons. The lowest BCUT2D eigenvalue weighted by Crippen LogP contribution is -2.18. The number of allylic oxidation sites excluding steroid dienone is 1. The Kier molecular flexibility index (Phi) is 7.06. The van der Waals surface area contributed by atoms with Gasteiger partial charge in [0, 0.05) is 42.3 Å². The van der Waals surface area contributed by atoms with Crippen molar-refractivity contribution in [2.75, 3.05) is 12.0 Å². The van der Waals surface area contributed by atoms with Gasteiger partial charge in [-0.25, -0.2) is 14.6 Å². The predicted molar refractivity (Wildman–Crippen MR) is 148 cm³/mol. The number of fused-ring (bicyclic) bond motifs is 1. The third kappa shape index (κ3) is 5.00. The number of rotatable bonds is 7. The largest absolute Gasteiger partial charge is 0.479 e. The smallest absolute Gasteiger partial charge is 0.238 e. The summed E-state index contributed by atoms with van der Waals surface area (Å²) in [4.78, 5) is 15.8. The molecule has 3 aromatic heterocycles. The highest BCUT2D eigenvalue weighted by Gasteiger charge is 2.28. The topological polar surface area (TPSA) is 69.0 Å². The Morgan fingerprint density at radius 3 is 2.76 bits per heavy atom. The first kappa shape index (κ1) is 24.7. The quantitative estimate of drug-likeness (QED) is 0.269. The van der Waals surface area contributed by atoms with Crippen molar-refractivity contribution in [1.82, 2.24) is 24.7 Å². The number of benzene rings is 1. The number of aryl methyl sites for hydroxylation is 1. The molecule has 1 atom stereocenters. The van der Waals surface area contributed by atoms with Crippen LogP contribution in [0.2, 0.25) is 5.02 Å². The molecule has 5 rings (SSSR count). The molecule has 1 aliphatic heterocycles. The molecule has 37 heavy (non-hydrogen) atoms. The summed E-state index contributed by atoms with van der Waals surface area (Å²) in [7, 11) is 1.61. The van der Waals surface area contributed by atoms with Gasteiger partial charge in [0.05, 0.1) is 7.11 Å². The highest BCUT2D eigenvalue weighted by Crippen LogP contribution is 2.39. The summed E-state index contributed by atoms with van der Waals surface area (Å²) < 4.78 is 7.60. The first-order valence-electron chi connectivity index (χ1n) is 12.2. The summed E-state index contributed by atoms with van der Waals surface area (Å²) in [6, 6.07) is 14.0. The zero-order valence-electron chi connectivity index (χ0n) is 21.2. The van der Waals surface area contributed by atoms with Gasteiger partial charge in [-0.3, -0.25) is 4.98 Å². The van der Waals surface area contributed by atoms with Crippen molar-refractivity contribution in [2.45, 2.75) is 39.2 Å². The number of anilines is 1. The minimum Gasteiger partial charge on any atom is -0.479 e. The highest BCUT2D eigenvalue weighted by molar-refractivity contribution is 6.31. The monoisotopic (exact) mass is 512 g/mol. The molecular formula is C29H29ClN6O. The van der Waals surface area contributed by atoms with E-state index in [4.69, 9.17) is 31.4 Å². The lowest BCUT2D eigenvalue weighted by molar-refractivity contribution is 0.399. The van der Waals surface area contributed by atoms with E-state index >= 15 is 0 Å². The van der Waals surface area contributed by atoms with Gasteiger partial charge < -0.3 is 9.64 Å². The van der Waals surface area contributed by atoms with E-state index < -0.39 is 0 Å². The third-order valence-corrected chi connectivity index (χ3v) is 6.72. The summed E-state index contributed by atoms with van der Waals surface area (Å²) in [6.45, 7) is 8.77. The minimum atomic E-state index is 0.0363. The van der Waals surface area contributed by atoms with E-state index in [0.29, 0.717) is 17.4 Å². The molecule has 0 fully saturated rings. The van der Waals surface area contributed by atoms with Crippen LogP contribution in [0.15, 0.2) is 79.4 Å². The first-order chi connectivity index (χ1) is 18.0. The zero-order chi connectivity index (χ0) is 25.9. The van der Waals surface area contributed by atoms with Crippen molar-refractivity contribution in [1.29, 1.82) is 0 Å². The van der Waals surface area contributed by atoms with Gasteiger partial charge in [0.25, 0.3) is 0 Å². The molecule has 0 aliphatic carbocycles. The standard InChI is InChI=1S/C29H29ClN6O/c1-5-35(18-19(2)3)26-13-12-25(32-29(26)37-4)27-33-28-22(9-7-15-36(28)34-27)23-16-20(10-11-24(23)30)21-8-6-14-31-17-21/h5-6,8,10-14,16-18,22H,1,7,9,15H2,2-4H3/t22-/m1/s1. The molecule has 0 unspecified atom stereocenters. The van der Waals surface area contributed by atoms with Gasteiger partial charge in [-0.2, -0.15) is 0 Å². The summed E-state index contributed by atoms with van der Waals surface area (Å²) in [5.74, 6) is 1.98. The molecule has 1 aliphatic rings. The maximum Gasteiger partial charge on any atom is 0.238 e. The average molecular weight is 513 g/mol. The van der Waals surface area contributed by atoms with Crippen LogP contribution in [0.4, 0.5) is 5.69 Å². The van der Waals surface area contributed by atoms with Gasteiger partial charge >= 0.3 is 0 Å². The van der Waals surface area contributed by atoms with E-state index in [2.05, 4.69) is 23.7 Å². The molecule has 0 saturated heterocycles. The highest BCUT2D eigenvalue weighted by atomic mass is 35.5. The fourth-order valence-electron chi connectivity index (χ4n) is 4.68. The van der Waals surface area contributed by atoms with Gasteiger partial charge in [-0.15, -0.1) is 5.10 Å². The lowest BCUT2D eigenvalue weighted by atomic mass is 9.89. The van der Waals surface area contributed by atoms with Crippen molar-refractivity contribution < 1.29 is 4.74 Å². The molecular weight excluding hydrogens is 484 g/mol. The Balaban J connectivity index is 1.52. The Labute approximate surface area is 222 Å². The van der Waals surface area contributed by atoms with Gasteiger partial charge in [-0.1, -0.05) is 35.9 Å². The van der Waals surface area contributed by atoms with Crippen LogP contribution in [0.25, 0.3) is 22.6 Å². The van der Waals surface area contributed by atoms with Gasteiger partial charge in [0.15, 0.2) is 5.82 Å². The van der Waals surface area contributed by atoms with E-state index in [9.17, 15) is 0 Å². The molecule has 7 nitrogen and oxygen atoms in total. The lowest BCUT2D eigenvalue weighted by Gasteiger charge is -2.23. The molecule has 4 heterocycles. The van der Waals surface area contributed by atoms with Gasteiger partial charge in [0.2, 0.25) is 5.88 Å². The Hall–Kier alpha value is -3.97. The number of aromatic nitrogens is 5. The molecule has 8 heteroatoms. The summed E-state index contributed by atoms with van der Waals surface area (Å²) in [5, 5.41) is 5.54. The van der Waals surface area contributed by atoms with E-state index in [1.54, 1.807) is 19.5 Å². The van der Waals surface area contributed by atoms with Crippen molar-refractivity contribution in [3.63, 3.8) is 0 Å². The number of ether oxygens (including phenoxy) is 1. The second-order valence-corrected chi connectivity index (χ2v) is 9.62. The van der Waals surface area contributed by atoms with E-state index in [0.717, 1.165) is 58.2 Å². The molecule has 4 aromatic rings. The molecule has 0 spiro atoms. The fourth-order valence-corrected chi connectivity index (χ4v) is 4.93. The van der Waals surface area contributed by atoms with Crippen molar-refractivity contribution in [2.24, 2.45) is 0 Å². The summed E-state index contributed by atoms with van der Waals surface area (Å²) in [5.41, 5.74) is 5.76. The fraction of sp³-hybridized carbons (Fsp3) is 0.241. The van der Waals surface area contributed by atoms with E-state index in [1.807, 2.05) is 66.2 Å². The van der Waals surface area contributed by atoms with Crippen LogP contribution >= 0.6 is 11.6 Å². The number of halogens is 1. The van der Waals surface area contributed by atoms with Crippen LogP contribution in [-0.4, -0.2) is 31.8 Å². The molecule has 0 bridgehead atoms. The molecule has 0 amide bonds. The third-order valence-electron chi connectivity index (χ3n) is 6.38. The first-order valence-corrected chi connectivity index (χ1v) is 12.6. The van der Waals surface area contributed by atoms with Crippen LogP contribution in [0.1, 0.15) is 44.0 Å². The zero-order valence-corrected chi connectivity index (χ0v) is 22.0. The number of hydrogen-bond acceptors (Lipinski definition) is 6. The predicted octanol–water partition coefficient (Wildman–Crippen LogP) is 6.86. The SMILES string of the molecule is C=CN(C=C(C)C)c1ccc(-c2nc3n(n2)CCC[C@@H]3c2cc(-c3cccnc3)ccc2Cl)nc1OC. The molecule has 0 radical (unpaired) electrons.